The minimum absolute atomic E-state index is 0.00208. The van der Waals surface area contributed by atoms with Gasteiger partial charge in [0.25, 0.3) is 0 Å². The lowest BCUT2D eigenvalue weighted by molar-refractivity contribution is -0.116. The first-order chi connectivity index (χ1) is 13.7. The molecule has 0 bridgehead atoms. The van der Waals surface area contributed by atoms with Gasteiger partial charge in [0.05, 0.1) is 16.8 Å². The molecular weight excluding hydrogens is 494 g/mol. The lowest BCUT2D eigenvalue weighted by Gasteiger charge is -2.20. The van der Waals surface area contributed by atoms with Crippen LogP contribution in [0.15, 0.2) is 45.3 Å². The van der Waals surface area contributed by atoms with Gasteiger partial charge in [0.15, 0.2) is 0 Å². The number of carbonyl (C=O) groups excluding carboxylic acids is 1. The number of nitrogens with one attached hydrogen (secondary N) is 1. The predicted octanol–water partition coefficient (Wildman–Crippen LogP) is 7.65. The van der Waals surface area contributed by atoms with Crippen LogP contribution < -0.4 is 10.1 Å². The average Bonchev–Trinajstić information content (AvgIpc) is 2.65. The van der Waals surface area contributed by atoms with E-state index in [-0.39, 0.29) is 11.3 Å². The monoisotopic (exact) mass is 523 g/mol. The van der Waals surface area contributed by atoms with E-state index in [1.807, 2.05) is 12.1 Å². The van der Waals surface area contributed by atoms with Crippen LogP contribution in [0.5, 0.6) is 5.75 Å². The number of unbranched alkanes of at least 4 members (excludes halogenated alkanes) is 1. The Balaban J connectivity index is 1.79. The summed E-state index contributed by atoms with van der Waals surface area (Å²) in [6.07, 6.45) is 4.49. The van der Waals surface area contributed by atoms with Crippen LogP contribution in [0.25, 0.3) is 0 Å². The Labute approximate surface area is 191 Å². The molecule has 0 aromatic heterocycles. The molecule has 0 saturated heterocycles. The topological polar surface area (TPSA) is 38.3 Å². The second-order valence-corrected chi connectivity index (χ2v) is 10.0. The van der Waals surface area contributed by atoms with E-state index in [2.05, 4.69) is 89.1 Å². The van der Waals surface area contributed by atoms with Crippen molar-refractivity contribution in [3.8, 4) is 5.75 Å². The zero-order valence-corrected chi connectivity index (χ0v) is 21.0. The van der Waals surface area contributed by atoms with Gasteiger partial charge in [-0.3, -0.25) is 4.79 Å². The largest absolute Gasteiger partial charge is 0.492 e. The van der Waals surface area contributed by atoms with Crippen molar-refractivity contribution < 1.29 is 9.53 Å². The van der Waals surface area contributed by atoms with E-state index in [0.717, 1.165) is 26.8 Å². The standard InChI is InChI=1S/C24H31Br2NO2/c1-5-6-8-17-10-12-21(19(25)15-17)27-23(28)9-7-14-29-22-13-11-18(16-20(22)26)24(2,3)4/h10-13,15-16H,5-9,14H2,1-4H3,(H,27,28). The minimum Gasteiger partial charge on any atom is -0.492 e. The number of hydrogen-bond acceptors (Lipinski definition) is 2. The number of ether oxygens (including phenoxy) is 1. The van der Waals surface area contributed by atoms with Crippen LogP contribution >= 0.6 is 31.9 Å². The summed E-state index contributed by atoms with van der Waals surface area (Å²) in [4.78, 5) is 12.3. The third-order valence-electron chi connectivity index (χ3n) is 4.73. The molecule has 0 saturated carbocycles. The fraction of sp³-hybridized carbons (Fsp3) is 0.458. The van der Waals surface area contributed by atoms with Gasteiger partial charge in [0.1, 0.15) is 5.75 Å². The summed E-state index contributed by atoms with van der Waals surface area (Å²) in [5.41, 5.74) is 3.45. The van der Waals surface area contributed by atoms with Crippen molar-refractivity contribution in [3.63, 3.8) is 0 Å². The quantitative estimate of drug-likeness (QED) is 0.342. The maximum atomic E-state index is 12.3. The molecule has 0 heterocycles. The van der Waals surface area contributed by atoms with Crippen molar-refractivity contribution in [3.05, 3.63) is 56.5 Å². The number of hydrogen-bond donors (Lipinski definition) is 1. The third-order valence-corrected chi connectivity index (χ3v) is 6.01. The lowest BCUT2D eigenvalue weighted by atomic mass is 9.87. The maximum Gasteiger partial charge on any atom is 0.224 e. The van der Waals surface area contributed by atoms with Gasteiger partial charge in [-0.2, -0.15) is 0 Å². The molecule has 1 amide bonds. The number of amides is 1. The van der Waals surface area contributed by atoms with Gasteiger partial charge < -0.3 is 10.1 Å². The Morgan fingerprint density at radius 3 is 2.41 bits per heavy atom. The molecule has 2 rings (SSSR count). The van der Waals surface area contributed by atoms with Crippen LogP contribution in [-0.2, 0) is 16.6 Å². The van der Waals surface area contributed by atoms with E-state index in [9.17, 15) is 4.79 Å². The van der Waals surface area contributed by atoms with E-state index < -0.39 is 0 Å². The van der Waals surface area contributed by atoms with Gasteiger partial charge in [-0.25, -0.2) is 0 Å². The fourth-order valence-corrected chi connectivity index (χ4v) is 3.93. The molecule has 1 N–H and O–H groups in total. The first-order valence-electron chi connectivity index (χ1n) is 10.2. The summed E-state index contributed by atoms with van der Waals surface area (Å²) in [5.74, 6) is 0.807. The molecule has 3 nitrogen and oxygen atoms in total. The first kappa shape index (κ1) is 23.9. The van der Waals surface area contributed by atoms with Gasteiger partial charge in [-0.15, -0.1) is 0 Å². The summed E-state index contributed by atoms with van der Waals surface area (Å²) >= 11 is 7.15. The molecule has 0 radical (unpaired) electrons. The molecule has 0 unspecified atom stereocenters. The molecule has 5 heteroatoms. The van der Waals surface area contributed by atoms with Gasteiger partial charge in [0.2, 0.25) is 5.91 Å². The van der Waals surface area contributed by atoms with Crippen molar-refractivity contribution in [2.45, 2.75) is 65.2 Å². The fourth-order valence-electron chi connectivity index (χ4n) is 2.91. The Morgan fingerprint density at radius 2 is 1.79 bits per heavy atom. The number of rotatable bonds is 9. The zero-order chi connectivity index (χ0) is 21.4. The van der Waals surface area contributed by atoms with Gasteiger partial charge >= 0.3 is 0 Å². The van der Waals surface area contributed by atoms with E-state index in [0.29, 0.717) is 19.4 Å². The Kier molecular flexibility index (Phi) is 9.22. The van der Waals surface area contributed by atoms with Crippen molar-refractivity contribution in [2.75, 3.05) is 11.9 Å². The summed E-state index contributed by atoms with van der Waals surface area (Å²) in [7, 11) is 0. The highest BCUT2D eigenvalue weighted by atomic mass is 79.9. The van der Waals surface area contributed by atoms with Crippen LogP contribution in [0.4, 0.5) is 5.69 Å². The van der Waals surface area contributed by atoms with Crippen LogP contribution in [0.1, 0.15) is 64.5 Å². The van der Waals surface area contributed by atoms with Gasteiger partial charge in [0, 0.05) is 10.9 Å². The first-order valence-corrected chi connectivity index (χ1v) is 11.8. The van der Waals surface area contributed by atoms with Crippen molar-refractivity contribution in [2.24, 2.45) is 0 Å². The SMILES string of the molecule is CCCCc1ccc(NC(=O)CCCOc2ccc(C(C)(C)C)cc2Br)c(Br)c1. The number of benzene rings is 2. The third kappa shape index (κ3) is 7.78. The van der Waals surface area contributed by atoms with E-state index in [1.54, 1.807) is 0 Å². The molecular formula is C24H31Br2NO2. The number of aryl methyl sites for hydroxylation is 1. The molecule has 0 fully saturated rings. The van der Waals surface area contributed by atoms with Crippen molar-refractivity contribution in [1.82, 2.24) is 0 Å². The molecule has 0 aliphatic carbocycles. The highest BCUT2D eigenvalue weighted by molar-refractivity contribution is 9.11. The van der Waals surface area contributed by atoms with Crippen molar-refractivity contribution >= 4 is 43.5 Å². The molecule has 158 valence electrons. The highest BCUT2D eigenvalue weighted by Gasteiger charge is 2.15. The maximum absolute atomic E-state index is 12.3. The average molecular weight is 525 g/mol. The number of anilines is 1. The van der Waals surface area contributed by atoms with Crippen LogP contribution in [0.3, 0.4) is 0 Å². The smallest absolute Gasteiger partial charge is 0.224 e. The molecule has 0 aliphatic rings. The highest BCUT2D eigenvalue weighted by Crippen LogP contribution is 2.31. The van der Waals surface area contributed by atoms with Gasteiger partial charge in [-0.1, -0.05) is 46.2 Å². The Bertz CT molecular complexity index is 828. The lowest BCUT2D eigenvalue weighted by Crippen LogP contribution is -2.13. The molecule has 2 aromatic rings. The Morgan fingerprint density at radius 1 is 1.03 bits per heavy atom. The number of halogens is 2. The number of carbonyl (C=O) groups is 1. The second-order valence-electron chi connectivity index (χ2n) is 8.31. The normalized spacial score (nSPS) is 11.4. The molecule has 29 heavy (non-hydrogen) atoms. The summed E-state index contributed by atoms with van der Waals surface area (Å²) in [6, 6.07) is 12.3. The molecule has 0 spiro atoms. The summed E-state index contributed by atoms with van der Waals surface area (Å²) in [5, 5.41) is 2.98. The zero-order valence-electron chi connectivity index (χ0n) is 17.8. The minimum atomic E-state index is -0.00208. The Hall–Kier alpha value is -1.33. The molecule has 2 aromatic carbocycles. The van der Waals surface area contributed by atoms with Crippen molar-refractivity contribution in [1.29, 1.82) is 0 Å². The van der Waals surface area contributed by atoms with Crippen LogP contribution in [0, 0.1) is 0 Å². The van der Waals surface area contributed by atoms with E-state index >= 15 is 0 Å². The van der Waals surface area contributed by atoms with E-state index in [1.165, 1.54) is 24.0 Å². The predicted molar refractivity (Wildman–Crippen MR) is 129 cm³/mol. The summed E-state index contributed by atoms with van der Waals surface area (Å²) in [6.45, 7) is 9.24. The molecule has 0 aliphatic heterocycles. The second kappa shape index (κ2) is 11.2. The summed E-state index contributed by atoms with van der Waals surface area (Å²) < 4.78 is 7.72. The van der Waals surface area contributed by atoms with Gasteiger partial charge in [-0.05, 0) is 91.9 Å². The van der Waals surface area contributed by atoms with Crippen LogP contribution in [-0.4, -0.2) is 12.5 Å². The van der Waals surface area contributed by atoms with E-state index in [4.69, 9.17) is 4.74 Å². The van der Waals surface area contributed by atoms with Crippen LogP contribution in [0.2, 0.25) is 0 Å². The molecule has 0 atom stereocenters.